The van der Waals surface area contributed by atoms with Crippen LogP contribution in [0.2, 0.25) is 0 Å². The van der Waals surface area contributed by atoms with E-state index in [4.69, 9.17) is 11.3 Å². The van der Waals surface area contributed by atoms with Gasteiger partial charge in [-0.15, -0.1) is 15.7 Å². The maximum Gasteiger partial charge on any atom is 0.189 e. The van der Waals surface area contributed by atoms with Crippen LogP contribution in [0.1, 0.15) is 11.4 Å². The van der Waals surface area contributed by atoms with E-state index in [2.05, 4.69) is 41.9 Å². The highest BCUT2D eigenvalue weighted by Gasteiger charge is 2.11. The lowest BCUT2D eigenvalue weighted by atomic mass is 10.2. The predicted octanol–water partition coefficient (Wildman–Crippen LogP) is 0.0689. The van der Waals surface area contributed by atoms with Crippen molar-refractivity contribution in [2.45, 2.75) is 0 Å². The molecule has 0 spiro atoms. The molecule has 0 aliphatic carbocycles. The Bertz CT molecular complexity index is 723. The molecule has 0 radical (unpaired) electrons. The normalized spacial score (nSPS) is 14.0. The minimum Gasteiger partial charge on any atom is -0.380 e. The first kappa shape index (κ1) is 13.6. The van der Waals surface area contributed by atoms with Crippen LogP contribution < -0.4 is 22.2 Å². The zero-order valence-electron chi connectivity index (χ0n) is 11.3. The maximum absolute atomic E-state index is 6.71. The van der Waals surface area contributed by atoms with Gasteiger partial charge in [-0.3, -0.25) is 5.43 Å². The first-order valence-corrected chi connectivity index (χ1v) is 6.27. The predicted molar refractivity (Wildman–Crippen MR) is 79.3 cm³/mol. The quantitative estimate of drug-likeness (QED) is 0.233. The van der Waals surface area contributed by atoms with E-state index in [0.717, 1.165) is 0 Å². The Morgan fingerprint density at radius 3 is 2.50 bits per heavy atom. The second kappa shape index (κ2) is 5.93. The number of nitrogens with two attached hydrogens (primary N) is 1. The van der Waals surface area contributed by atoms with Gasteiger partial charge in [0, 0.05) is 0 Å². The maximum atomic E-state index is 6.71. The van der Waals surface area contributed by atoms with Gasteiger partial charge < -0.3 is 5.73 Å². The van der Waals surface area contributed by atoms with Crippen LogP contribution in [0.15, 0.2) is 51.8 Å². The van der Waals surface area contributed by atoms with Crippen LogP contribution in [0.5, 0.6) is 0 Å². The van der Waals surface area contributed by atoms with E-state index in [0.29, 0.717) is 28.6 Å². The summed E-state index contributed by atoms with van der Waals surface area (Å²) in [5, 5.41) is 10.4. The molecule has 10 heteroatoms. The van der Waals surface area contributed by atoms with E-state index in [9.17, 15) is 0 Å². The molecule has 22 heavy (non-hydrogen) atoms. The van der Waals surface area contributed by atoms with Crippen LogP contribution in [0.25, 0.3) is 11.4 Å². The summed E-state index contributed by atoms with van der Waals surface area (Å²) in [5.41, 5.74) is 22.8. The topological polar surface area (TPSA) is 149 Å². The third-order valence-corrected chi connectivity index (χ3v) is 2.83. The second-order valence-electron chi connectivity index (χ2n) is 4.22. The largest absolute Gasteiger partial charge is 0.380 e. The Morgan fingerprint density at radius 1 is 1.05 bits per heavy atom. The van der Waals surface area contributed by atoms with E-state index in [-0.39, 0.29) is 5.84 Å². The Balaban J connectivity index is 1.97. The summed E-state index contributed by atoms with van der Waals surface area (Å²) >= 11 is 0. The molecule has 1 aliphatic heterocycles. The first-order chi connectivity index (χ1) is 10.8. The number of amidine groups is 2. The summed E-state index contributed by atoms with van der Waals surface area (Å²) in [5.74, 6) is 0.648. The number of hydrazine groups is 2. The highest BCUT2D eigenvalue weighted by molar-refractivity contribution is 5.98. The molecule has 0 fully saturated rings. The molecule has 6 N–H and O–H groups in total. The second-order valence-corrected chi connectivity index (χ2v) is 4.22. The number of hydrogen-bond acceptors (Lipinski definition) is 8. The van der Waals surface area contributed by atoms with Crippen molar-refractivity contribution in [2.24, 2.45) is 21.2 Å². The average molecular weight is 296 g/mol. The van der Waals surface area contributed by atoms with Gasteiger partial charge >= 0.3 is 0 Å². The van der Waals surface area contributed by atoms with Crippen LogP contribution >= 0.6 is 0 Å². The molecule has 0 atom stereocenters. The smallest absolute Gasteiger partial charge is 0.189 e. The molecule has 0 unspecified atom stereocenters. The number of hydrazone groups is 1. The summed E-state index contributed by atoms with van der Waals surface area (Å²) in [6.07, 6.45) is 0. The van der Waals surface area contributed by atoms with Crippen molar-refractivity contribution in [2.75, 3.05) is 0 Å². The summed E-state index contributed by atoms with van der Waals surface area (Å²) < 4.78 is 0. The molecule has 0 bridgehead atoms. The number of nitrogens with zero attached hydrogens (tertiary/aromatic N) is 5. The lowest BCUT2D eigenvalue weighted by molar-refractivity contribution is 0.577. The van der Waals surface area contributed by atoms with E-state index in [1.807, 2.05) is 18.2 Å². The van der Waals surface area contributed by atoms with Crippen molar-refractivity contribution >= 4 is 11.7 Å². The molecule has 2 aromatic rings. The van der Waals surface area contributed by atoms with Gasteiger partial charge in [-0.1, -0.05) is 17.4 Å². The Morgan fingerprint density at radius 2 is 1.77 bits per heavy atom. The summed E-state index contributed by atoms with van der Waals surface area (Å²) in [7, 11) is 0. The van der Waals surface area contributed by atoms with Crippen molar-refractivity contribution in [3.8, 4) is 11.4 Å². The van der Waals surface area contributed by atoms with Crippen molar-refractivity contribution in [3.63, 3.8) is 0 Å². The zero-order valence-corrected chi connectivity index (χ0v) is 11.3. The van der Waals surface area contributed by atoms with E-state index in [1.165, 1.54) is 0 Å². The van der Waals surface area contributed by atoms with E-state index in [1.54, 1.807) is 18.2 Å². The lowest BCUT2D eigenvalue weighted by Crippen LogP contribution is -2.35. The molecule has 0 saturated carbocycles. The number of pyridine rings is 2. The standard InChI is InChI=1S/C12H12N10/c13-11(17-20-14)9-5-1-3-7(15-9)8-4-2-6-10(16-8)12-18-21-22-19-12/h1-6,21-22H,(H,18,19)(H3,13,14,17). The van der Waals surface area contributed by atoms with Gasteiger partial charge in [-0.05, 0) is 24.3 Å². The molecule has 110 valence electrons. The summed E-state index contributed by atoms with van der Waals surface area (Å²) in [6.45, 7) is 0. The SMILES string of the molecule is N=NN=C(N)c1cccc(-c2cccc(C3=NNNN3)n2)n1. The van der Waals surface area contributed by atoms with Gasteiger partial charge in [0.1, 0.15) is 11.4 Å². The van der Waals surface area contributed by atoms with Crippen LogP contribution in [0.4, 0.5) is 0 Å². The molecular formula is C12H12N10. The summed E-state index contributed by atoms with van der Waals surface area (Å²) in [4.78, 5) is 8.87. The molecule has 3 heterocycles. The molecule has 0 aromatic carbocycles. The number of rotatable bonds is 4. The third-order valence-electron chi connectivity index (χ3n) is 2.83. The molecule has 2 aromatic heterocycles. The van der Waals surface area contributed by atoms with Gasteiger partial charge in [0.15, 0.2) is 11.7 Å². The van der Waals surface area contributed by atoms with Gasteiger partial charge in [-0.25, -0.2) is 15.5 Å². The third kappa shape index (κ3) is 2.71. The van der Waals surface area contributed by atoms with Gasteiger partial charge in [0.25, 0.3) is 0 Å². The van der Waals surface area contributed by atoms with Crippen LogP contribution in [0, 0.1) is 5.53 Å². The fourth-order valence-corrected chi connectivity index (χ4v) is 1.85. The summed E-state index contributed by atoms with van der Waals surface area (Å²) in [6, 6.07) is 10.8. The lowest BCUT2D eigenvalue weighted by Gasteiger charge is -2.05. The molecule has 0 amide bonds. The van der Waals surface area contributed by atoms with Crippen molar-refractivity contribution in [1.29, 1.82) is 5.53 Å². The number of hydrogen-bond donors (Lipinski definition) is 5. The number of aromatic nitrogens is 2. The van der Waals surface area contributed by atoms with Gasteiger partial charge in [0.2, 0.25) is 0 Å². The van der Waals surface area contributed by atoms with Crippen LogP contribution in [-0.4, -0.2) is 21.6 Å². The van der Waals surface area contributed by atoms with Crippen LogP contribution in [0.3, 0.4) is 0 Å². The van der Waals surface area contributed by atoms with E-state index >= 15 is 0 Å². The van der Waals surface area contributed by atoms with Crippen molar-refractivity contribution in [1.82, 2.24) is 26.5 Å². The Labute approximate surface area is 125 Å². The fraction of sp³-hybridized carbons (Fsp3) is 0. The fourth-order valence-electron chi connectivity index (χ4n) is 1.85. The average Bonchev–Trinajstić information content (AvgIpc) is 3.10. The highest BCUT2D eigenvalue weighted by atomic mass is 15.8. The Hall–Kier alpha value is -3.40. The zero-order chi connectivity index (χ0) is 15.4. The molecular weight excluding hydrogens is 284 g/mol. The minimum atomic E-state index is 0.0724. The minimum absolute atomic E-state index is 0.0724. The van der Waals surface area contributed by atoms with Gasteiger partial charge in [0.05, 0.1) is 11.4 Å². The molecule has 1 aliphatic rings. The van der Waals surface area contributed by atoms with Crippen LogP contribution in [-0.2, 0) is 0 Å². The van der Waals surface area contributed by atoms with Crippen molar-refractivity contribution < 1.29 is 0 Å². The number of nitrogens with one attached hydrogen (secondary N) is 4. The monoisotopic (exact) mass is 296 g/mol. The van der Waals surface area contributed by atoms with E-state index < -0.39 is 0 Å². The Kier molecular flexibility index (Phi) is 3.66. The molecule has 10 nitrogen and oxygen atoms in total. The van der Waals surface area contributed by atoms with Gasteiger partial charge in [-0.2, -0.15) is 5.53 Å². The first-order valence-electron chi connectivity index (χ1n) is 6.27. The highest BCUT2D eigenvalue weighted by Crippen LogP contribution is 2.15. The van der Waals surface area contributed by atoms with Crippen molar-refractivity contribution in [3.05, 3.63) is 47.8 Å². The molecule has 0 saturated heterocycles. The molecule has 3 rings (SSSR count).